The van der Waals surface area contributed by atoms with E-state index in [0.29, 0.717) is 0 Å². The average molecular weight is 507 g/mol. The van der Waals surface area contributed by atoms with Gasteiger partial charge in [0.1, 0.15) is 19.5 Å². The first-order valence-corrected chi connectivity index (χ1v) is 11.6. The lowest BCUT2D eigenvalue weighted by molar-refractivity contribution is 0.0489. The minimum absolute atomic E-state index is 0.0241. The van der Waals surface area contributed by atoms with Crippen molar-refractivity contribution in [3.8, 4) is 23.0 Å². The van der Waals surface area contributed by atoms with E-state index >= 15 is 0 Å². The van der Waals surface area contributed by atoms with Crippen molar-refractivity contribution in [1.82, 2.24) is 20.1 Å². The number of anilines is 1. The Balaban J connectivity index is 1.71. The van der Waals surface area contributed by atoms with Crippen molar-refractivity contribution in [1.29, 1.82) is 5.26 Å². The third kappa shape index (κ3) is 3.49. The largest absolute Gasteiger partial charge is 0.402 e. The van der Waals surface area contributed by atoms with E-state index in [0.717, 1.165) is 4.90 Å². The van der Waals surface area contributed by atoms with Crippen LogP contribution in [0.25, 0.3) is 16.9 Å². The molecular formula is C22H10B9FN6O2. The first-order valence-electron chi connectivity index (χ1n) is 11.6. The Morgan fingerprint density at radius 1 is 1.00 bits per heavy atom. The highest BCUT2D eigenvalue weighted by molar-refractivity contribution is 6.66. The second-order valence-electron chi connectivity index (χ2n) is 9.91. The van der Waals surface area contributed by atoms with Crippen LogP contribution in [0.1, 0.15) is 21.6 Å². The first-order chi connectivity index (χ1) is 18.4. The normalized spacial score (nSPS) is 21.2. The summed E-state index contributed by atoms with van der Waals surface area (Å²) in [5.74, 6) is -1.37. The number of rotatable bonds is 3. The Morgan fingerprint density at radius 3 is 2.23 bits per heavy atom. The van der Waals surface area contributed by atoms with Crippen LogP contribution in [-0.4, -0.2) is 113 Å². The summed E-state index contributed by atoms with van der Waals surface area (Å²) in [5, 5.41) is 17.2. The van der Waals surface area contributed by atoms with E-state index in [1.165, 1.54) is 41.2 Å². The molecule has 18 heteroatoms. The predicted molar refractivity (Wildman–Crippen MR) is 153 cm³/mol. The van der Waals surface area contributed by atoms with Gasteiger partial charge in [-0.3, -0.25) is 4.79 Å². The van der Waals surface area contributed by atoms with Crippen LogP contribution in [0.15, 0.2) is 36.5 Å². The van der Waals surface area contributed by atoms with E-state index < -0.39 is 38.3 Å². The number of carbonyl (C=O) groups is 1. The predicted octanol–water partition coefficient (Wildman–Crippen LogP) is -2.25. The number of nitrogens with one attached hydrogen (secondary N) is 1. The summed E-state index contributed by atoms with van der Waals surface area (Å²) in [6.07, 6.45) is 1.37. The fourth-order valence-electron chi connectivity index (χ4n) is 4.97. The molecule has 2 aromatic heterocycles. The number of halogens is 1. The minimum Gasteiger partial charge on any atom is -0.402 e. The van der Waals surface area contributed by atoms with Gasteiger partial charge in [0.2, 0.25) is 0 Å². The molecule has 0 atom stereocenters. The second-order valence-corrected chi connectivity index (χ2v) is 9.91. The van der Waals surface area contributed by atoms with Crippen LogP contribution in [0, 0.1) is 17.1 Å². The van der Waals surface area contributed by atoms with Crippen molar-refractivity contribution >= 4 is 82.3 Å². The lowest BCUT2D eigenvalue weighted by atomic mass is 9.12. The molecule has 1 fully saturated rings. The van der Waals surface area contributed by atoms with Gasteiger partial charge in [-0.25, -0.2) is 14.1 Å². The number of nitriles is 1. The van der Waals surface area contributed by atoms with E-state index in [9.17, 15) is 19.6 Å². The SMILES string of the molecule is [B]C1([B])N(c2ccn(-c3cc(-c4c(F)cccc4C#N)nc4c3C(=O)NC4)n2)C([B])([B])C([B])([B])C([B])(O)C1([B])[B]. The highest BCUT2D eigenvalue weighted by Crippen LogP contribution is 2.61. The summed E-state index contributed by atoms with van der Waals surface area (Å²) in [5.41, 5.74) is -2.35. The molecule has 18 radical (unpaired) electrons. The zero-order valence-corrected chi connectivity index (χ0v) is 20.8. The molecule has 2 N–H and O–H groups in total. The van der Waals surface area contributed by atoms with Crippen molar-refractivity contribution in [2.45, 2.75) is 33.1 Å². The smallest absolute Gasteiger partial charge is 0.255 e. The molecule has 2 aliphatic rings. The lowest BCUT2D eigenvalue weighted by Crippen LogP contribution is -2.85. The van der Waals surface area contributed by atoms with Gasteiger partial charge >= 0.3 is 0 Å². The number of hydrogen-bond acceptors (Lipinski definition) is 6. The molecule has 4 heterocycles. The van der Waals surface area contributed by atoms with Gasteiger partial charge in [0.15, 0.2) is 0 Å². The second kappa shape index (κ2) is 8.66. The third-order valence-corrected chi connectivity index (χ3v) is 7.48. The molecule has 0 unspecified atom stereocenters. The summed E-state index contributed by atoms with van der Waals surface area (Å²) in [6.45, 7) is 0.0375. The first kappa shape index (κ1) is 28.3. The topological polar surface area (TPSA) is 107 Å². The van der Waals surface area contributed by atoms with E-state index in [1.54, 1.807) is 0 Å². The van der Waals surface area contributed by atoms with Crippen molar-refractivity contribution in [3.63, 3.8) is 0 Å². The highest BCUT2D eigenvalue weighted by Gasteiger charge is 2.66. The number of fused-ring (bicyclic) bond motifs is 1. The van der Waals surface area contributed by atoms with Gasteiger partial charge in [-0.15, -0.1) is 0 Å². The molecule has 1 saturated heterocycles. The van der Waals surface area contributed by atoms with Crippen molar-refractivity contribution in [3.05, 3.63) is 59.2 Å². The van der Waals surface area contributed by atoms with Gasteiger partial charge in [0.05, 0.1) is 109 Å². The van der Waals surface area contributed by atoms with E-state index in [2.05, 4.69) is 15.4 Å². The maximum atomic E-state index is 14.9. The summed E-state index contributed by atoms with van der Waals surface area (Å²) in [7, 11) is 55.2. The number of hydrogen-bond donors (Lipinski definition) is 2. The molecule has 3 aromatic rings. The Hall–Kier alpha value is -3.19. The Bertz CT molecular complexity index is 1590. The van der Waals surface area contributed by atoms with Gasteiger partial charge in [-0.05, 0) is 28.9 Å². The fourth-order valence-corrected chi connectivity index (χ4v) is 4.97. The van der Waals surface area contributed by atoms with Gasteiger partial charge < -0.3 is 15.3 Å². The molecule has 0 bridgehead atoms. The van der Waals surface area contributed by atoms with Crippen LogP contribution in [0.5, 0.6) is 0 Å². The van der Waals surface area contributed by atoms with Crippen LogP contribution in [0.3, 0.4) is 0 Å². The molecule has 5 rings (SSSR count). The number of carbonyl (C=O) groups excluding carboxylic acids is 1. The van der Waals surface area contributed by atoms with Crippen molar-refractivity contribution in [2.24, 2.45) is 0 Å². The summed E-state index contributed by atoms with van der Waals surface area (Å²) < 4.78 is 16.1. The van der Waals surface area contributed by atoms with Gasteiger partial charge in [-0.2, -0.15) is 10.4 Å². The lowest BCUT2D eigenvalue weighted by Gasteiger charge is -2.77. The standard InChI is InChI=1S/C22H10B9FN6O2/c23-18(24)20(27,40)19(25,26)22(30,31)38(21(18,28)29)14-4-5-37(36-14)13-6-11(35-12-8-34-17(39)16(12)13)15-9(7-33)2-1-3-10(15)32/h1-6,40H,8H2,(H,34,39). The molecular weight excluding hydrogens is 497 g/mol. The van der Waals surface area contributed by atoms with E-state index in [4.69, 9.17) is 70.6 Å². The van der Waals surface area contributed by atoms with Gasteiger partial charge in [-0.1, -0.05) is 16.5 Å². The van der Waals surface area contributed by atoms with Crippen LogP contribution in [0.2, 0.25) is 10.4 Å². The number of pyridine rings is 1. The van der Waals surface area contributed by atoms with Crippen LogP contribution in [-0.2, 0) is 6.54 Å². The molecule has 0 aliphatic carbocycles. The quantitative estimate of drug-likeness (QED) is 0.389. The fraction of sp³-hybridized carbons (Fsp3) is 0.273. The zero-order chi connectivity index (χ0) is 29.6. The molecule has 8 nitrogen and oxygen atoms in total. The maximum absolute atomic E-state index is 14.9. The zero-order valence-electron chi connectivity index (χ0n) is 20.8. The Kier molecular flexibility index (Phi) is 6.13. The number of benzene rings is 1. The van der Waals surface area contributed by atoms with Crippen LogP contribution in [0.4, 0.5) is 10.2 Å². The van der Waals surface area contributed by atoms with Gasteiger partial charge in [0, 0.05) is 17.8 Å². The molecule has 40 heavy (non-hydrogen) atoms. The van der Waals surface area contributed by atoms with Crippen molar-refractivity contribution in [2.75, 3.05) is 4.90 Å². The minimum atomic E-state index is -2.90. The van der Waals surface area contributed by atoms with Crippen LogP contribution < -0.4 is 10.2 Å². The Morgan fingerprint density at radius 2 is 1.62 bits per heavy atom. The van der Waals surface area contributed by atoms with Gasteiger partial charge in [0.25, 0.3) is 5.91 Å². The molecule has 0 spiro atoms. The molecule has 174 valence electrons. The molecule has 1 amide bonds. The summed E-state index contributed by atoms with van der Waals surface area (Å²) in [6, 6.07) is 8.62. The van der Waals surface area contributed by atoms with E-state index in [1.807, 2.05) is 6.07 Å². The molecule has 0 saturated carbocycles. The molecule has 1 aromatic carbocycles. The number of nitrogens with zero attached hydrogens (tertiary/aromatic N) is 5. The average Bonchev–Trinajstić information content (AvgIpc) is 3.49. The number of piperidine rings is 1. The maximum Gasteiger partial charge on any atom is 0.255 e. The van der Waals surface area contributed by atoms with E-state index in [-0.39, 0.29) is 46.1 Å². The highest BCUT2D eigenvalue weighted by atomic mass is 19.1. The Labute approximate surface area is 241 Å². The third-order valence-electron chi connectivity index (χ3n) is 7.48. The molecule has 2 aliphatic heterocycles. The number of amides is 1. The summed E-state index contributed by atoms with van der Waals surface area (Å²) >= 11 is 0. The monoisotopic (exact) mass is 508 g/mol. The van der Waals surface area contributed by atoms with Crippen molar-refractivity contribution < 1.29 is 14.3 Å². The van der Waals surface area contributed by atoms with Crippen LogP contribution >= 0.6 is 0 Å². The number of aromatic nitrogens is 3. The number of aliphatic hydroxyl groups is 1. The summed E-state index contributed by atoms with van der Waals surface area (Å²) in [4.78, 5) is 17.9.